The van der Waals surface area contributed by atoms with Crippen molar-refractivity contribution in [1.29, 1.82) is 0 Å². The van der Waals surface area contributed by atoms with Gasteiger partial charge in [0.25, 0.3) is 5.91 Å². The van der Waals surface area contributed by atoms with Crippen molar-refractivity contribution in [3.63, 3.8) is 0 Å². The van der Waals surface area contributed by atoms with Gasteiger partial charge in [-0.25, -0.2) is 0 Å². The molecule has 0 radical (unpaired) electrons. The van der Waals surface area contributed by atoms with Crippen LogP contribution in [-0.4, -0.2) is 52.6 Å². The van der Waals surface area contributed by atoms with Gasteiger partial charge in [-0.1, -0.05) is 43.3 Å². The Morgan fingerprint density at radius 2 is 1.76 bits per heavy atom. The van der Waals surface area contributed by atoms with E-state index in [1.165, 1.54) is 6.07 Å². The zero-order chi connectivity index (χ0) is 25.9. The van der Waals surface area contributed by atoms with Gasteiger partial charge in [0.2, 0.25) is 5.91 Å². The third-order valence-corrected chi connectivity index (χ3v) is 8.35. The zero-order valence-corrected chi connectivity index (χ0v) is 20.8. The van der Waals surface area contributed by atoms with Crippen LogP contribution in [0, 0.1) is 17.8 Å². The van der Waals surface area contributed by atoms with Crippen molar-refractivity contribution in [2.75, 3.05) is 19.6 Å². The van der Waals surface area contributed by atoms with Crippen molar-refractivity contribution in [2.24, 2.45) is 22.7 Å². The van der Waals surface area contributed by atoms with E-state index in [9.17, 15) is 22.8 Å². The monoisotopic (exact) mass is 509 g/mol. The maximum absolute atomic E-state index is 13.4. The van der Waals surface area contributed by atoms with Crippen molar-refractivity contribution in [3.8, 4) is 11.1 Å². The molecule has 0 N–H and O–H groups in total. The molecule has 2 unspecified atom stereocenters. The first-order chi connectivity index (χ1) is 17.6. The van der Waals surface area contributed by atoms with Gasteiger partial charge in [-0.3, -0.25) is 19.5 Å². The molecule has 37 heavy (non-hydrogen) atoms. The summed E-state index contributed by atoms with van der Waals surface area (Å²) >= 11 is 0. The van der Waals surface area contributed by atoms with E-state index in [-0.39, 0.29) is 23.7 Å². The van der Waals surface area contributed by atoms with E-state index in [4.69, 9.17) is 4.99 Å². The van der Waals surface area contributed by atoms with E-state index in [2.05, 4.69) is 6.92 Å². The van der Waals surface area contributed by atoms with Crippen molar-refractivity contribution in [1.82, 2.24) is 9.80 Å². The number of amidine groups is 1. The number of nitrogens with zero attached hydrogens (tertiary/aromatic N) is 3. The highest BCUT2D eigenvalue weighted by molar-refractivity contribution is 6.16. The molecule has 2 aromatic carbocycles. The highest BCUT2D eigenvalue weighted by Crippen LogP contribution is 2.46. The largest absolute Gasteiger partial charge is 0.416 e. The maximum atomic E-state index is 13.4. The second-order valence-corrected chi connectivity index (χ2v) is 11.1. The molecule has 8 heteroatoms. The van der Waals surface area contributed by atoms with Crippen LogP contribution >= 0.6 is 0 Å². The lowest BCUT2D eigenvalue weighted by atomic mass is 9.92. The van der Waals surface area contributed by atoms with Gasteiger partial charge in [-0.15, -0.1) is 0 Å². The second-order valence-electron chi connectivity index (χ2n) is 11.1. The number of hydrogen-bond donors (Lipinski definition) is 0. The average Bonchev–Trinajstić information content (AvgIpc) is 3.81. The number of carbonyl (C=O) groups excluding carboxylic acids is 2. The van der Waals surface area contributed by atoms with E-state index in [1.807, 2.05) is 21.9 Å². The van der Waals surface area contributed by atoms with Gasteiger partial charge in [-0.2, -0.15) is 13.2 Å². The third-order valence-electron chi connectivity index (χ3n) is 8.35. The molecule has 1 saturated heterocycles. The minimum atomic E-state index is -4.40. The SMILES string of the molecule is CC(CN1C(=O)C2(CC2)N=C1c1ccc(-c2cccc(C(F)(F)F)c2)cc1)C1CCN(C(=O)C2CC2)C1. The van der Waals surface area contributed by atoms with Gasteiger partial charge >= 0.3 is 6.18 Å². The molecule has 2 atom stereocenters. The second kappa shape index (κ2) is 8.71. The molecule has 6 rings (SSSR count). The fourth-order valence-corrected chi connectivity index (χ4v) is 5.66. The van der Waals surface area contributed by atoms with Gasteiger partial charge in [0.05, 0.1) is 5.56 Å². The Bertz CT molecular complexity index is 1260. The maximum Gasteiger partial charge on any atom is 0.416 e. The molecule has 2 heterocycles. The van der Waals surface area contributed by atoms with Crippen LogP contribution in [0.1, 0.15) is 50.2 Å². The predicted octanol–water partition coefficient (Wildman–Crippen LogP) is 5.39. The van der Waals surface area contributed by atoms with Crippen molar-refractivity contribution in [3.05, 3.63) is 59.7 Å². The molecule has 0 aromatic heterocycles. The topological polar surface area (TPSA) is 53.0 Å². The Hall–Kier alpha value is -3.16. The molecule has 2 saturated carbocycles. The number of carbonyl (C=O) groups is 2. The van der Waals surface area contributed by atoms with Gasteiger partial charge in [0, 0.05) is 31.1 Å². The van der Waals surface area contributed by atoms with Crippen LogP contribution in [-0.2, 0) is 15.8 Å². The Kier molecular flexibility index (Phi) is 5.69. The van der Waals surface area contributed by atoms with Crippen molar-refractivity contribution < 1.29 is 22.8 Å². The number of halogens is 3. The molecular formula is C29H30F3N3O2. The molecular weight excluding hydrogens is 479 g/mol. The number of aliphatic imine (C=N–C) groups is 1. The number of rotatable bonds is 6. The molecule has 1 spiro atoms. The third kappa shape index (κ3) is 4.55. The van der Waals surface area contributed by atoms with E-state index in [0.717, 1.165) is 62.9 Å². The van der Waals surface area contributed by atoms with Crippen LogP contribution in [0.3, 0.4) is 0 Å². The number of hydrogen-bond acceptors (Lipinski definition) is 3. The van der Waals surface area contributed by atoms with Crippen LogP contribution in [0.2, 0.25) is 0 Å². The first-order valence-electron chi connectivity index (χ1n) is 13.1. The summed E-state index contributed by atoms with van der Waals surface area (Å²) in [5.74, 6) is 1.75. The van der Waals surface area contributed by atoms with Crippen LogP contribution in [0.5, 0.6) is 0 Å². The Morgan fingerprint density at radius 3 is 2.41 bits per heavy atom. The molecule has 0 bridgehead atoms. The summed E-state index contributed by atoms with van der Waals surface area (Å²) in [7, 11) is 0. The van der Waals surface area contributed by atoms with E-state index >= 15 is 0 Å². The summed E-state index contributed by atoms with van der Waals surface area (Å²) in [4.78, 5) is 34.5. The van der Waals surface area contributed by atoms with E-state index in [0.29, 0.717) is 29.4 Å². The molecule has 5 nitrogen and oxygen atoms in total. The Morgan fingerprint density at radius 1 is 1.05 bits per heavy atom. The Labute approximate surface area is 214 Å². The summed E-state index contributed by atoms with van der Waals surface area (Å²) in [6.07, 6.45) is 0.0566. The standard InChI is InChI=1S/C29H30F3N3O2/c1-18(23-11-14-34(17-23)26(36)21-9-10-21)16-35-25(33-28(12-13-28)27(35)37)20-7-5-19(6-8-20)22-3-2-4-24(15-22)29(30,31)32/h2-8,15,18,21,23H,9-14,16-17H2,1H3. The molecule has 2 aliphatic heterocycles. The highest BCUT2D eigenvalue weighted by Gasteiger charge is 2.57. The van der Waals surface area contributed by atoms with Gasteiger partial charge < -0.3 is 4.90 Å². The van der Waals surface area contributed by atoms with Gasteiger partial charge in [-0.05, 0) is 67.2 Å². The van der Waals surface area contributed by atoms with Crippen LogP contribution in [0.15, 0.2) is 53.5 Å². The summed E-state index contributed by atoms with van der Waals surface area (Å²) < 4.78 is 39.5. The van der Waals surface area contributed by atoms with Crippen LogP contribution < -0.4 is 0 Å². The average molecular weight is 510 g/mol. The van der Waals surface area contributed by atoms with E-state index in [1.54, 1.807) is 18.2 Å². The number of benzene rings is 2. The Balaban J connectivity index is 1.19. The van der Waals surface area contributed by atoms with Gasteiger partial charge in [0.15, 0.2) is 0 Å². The van der Waals surface area contributed by atoms with Crippen LogP contribution in [0.25, 0.3) is 11.1 Å². The van der Waals surface area contributed by atoms with Gasteiger partial charge in [0.1, 0.15) is 11.4 Å². The molecule has 4 aliphatic rings. The van der Waals surface area contributed by atoms with Crippen molar-refractivity contribution >= 4 is 17.6 Å². The quantitative estimate of drug-likeness (QED) is 0.525. The zero-order valence-electron chi connectivity index (χ0n) is 20.8. The predicted molar refractivity (Wildman–Crippen MR) is 134 cm³/mol. The molecule has 2 aliphatic carbocycles. The summed E-state index contributed by atoms with van der Waals surface area (Å²) in [6.45, 7) is 4.24. The lowest BCUT2D eigenvalue weighted by Gasteiger charge is -2.27. The summed E-state index contributed by atoms with van der Waals surface area (Å²) in [5, 5.41) is 0. The molecule has 3 fully saturated rings. The minimum Gasteiger partial charge on any atom is -0.342 e. The lowest BCUT2D eigenvalue weighted by molar-refractivity contribution is -0.137. The molecule has 2 amide bonds. The number of amides is 2. The number of likely N-dealkylation sites (tertiary alicyclic amines) is 1. The minimum absolute atomic E-state index is 0.0419. The number of alkyl halides is 3. The normalized spacial score (nSPS) is 23.5. The van der Waals surface area contributed by atoms with Crippen molar-refractivity contribution in [2.45, 2.75) is 50.7 Å². The molecule has 2 aromatic rings. The first-order valence-corrected chi connectivity index (χ1v) is 13.1. The summed E-state index contributed by atoms with van der Waals surface area (Å²) in [5.41, 5.74) is 0.629. The summed E-state index contributed by atoms with van der Waals surface area (Å²) in [6, 6.07) is 12.5. The fourth-order valence-electron chi connectivity index (χ4n) is 5.66. The highest BCUT2D eigenvalue weighted by atomic mass is 19.4. The first kappa shape index (κ1) is 24.2. The lowest BCUT2D eigenvalue weighted by Crippen LogP contribution is -2.41. The smallest absolute Gasteiger partial charge is 0.342 e. The van der Waals surface area contributed by atoms with E-state index < -0.39 is 17.3 Å². The van der Waals surface area contributed by atoms with Crippen LogP contribution in [0.4, 0.5) is 13.2 Å². The fraction of sp³-hybridized carbons (Fsp3) is 0.483. The molecule has 194 valence electrons.